The fraction of sp³-hybridized carbons (Fsp3) is 0.429. The lowest BCUT2D eigenvalue weighted by molar-refractivity contribution is 0.684. The van der Waals surface area contributed by atoms with Crippen LogP contribution in [0.25, 0.3) is 5.57 Å². The van der Waals surface area contributed by atoms with E-state index < -0.39 is 0 Å². The maximum Gasteiger partial charge on any atom is -0.00854 e. The molecule has 0 unspecified atom stereocenters. The number of benzene rings is 1. The lowest BCUT2D eigenvalue weighted by atomic mass is 9.88. The highest BCUT2D eigenvalue weighted by atomic mass is 14.2. The summed E-state index contributed by atoms with van der Waals surface area (Å²) >= 11 is 0. The lowest BCUT2D eigenvalue weighted by Crippen LogP contribution is -2.04. The van der Waals surface area contributed by atoms with Crippen LogP contribution in [-0.2, 0) is 19.3 Å². The Morgan fingerprint density at radius 2 is 1.64 bits per heavy atom. The second-order valence-corrected chi connectivity index (χ2v) is 4.58. The molecule has 14 heavy (non-hydrogen) atoms. The van der Waals surface area contributed by atoms with Gasteiger partial charge in [0.1, 0.15) is 0 Å². The molecule has 0 atom stereocenters. The Kier molecular flexibility index (Phi) is 1.76. The van der Waals surface area contributed by atoms with Crippen LogP contribution in [0.15, 0.2) is 18.2 Å². The number of hydrogen-bond donors (Lipinski definition) is 0. The maximum absolute atomic E-state index is 2.46. The Bertz CT molecular complexity index is 410. The maximum atomic E-state index is 2.46. The van der Waals surface area contributed by atoms with Crippen LogP contribution in [0, 0.1) is 0 Å². The second-order valence-electron chi connectivity index (χ2n) is 4.58. The molecule has 0 radical (unpaired) electrons. The van der Waals surface area contributed by atoms with Crippen molar-refractivity contribution in [3.8, 4) is 0 Å². The summed E-state index contributed by atoms with van der Waals surface area (Å²) in [6.45, 7) is 2.24. The molecule has 0 nitrogen and oxygen atoms in total. The van der Waals surface area contributed by atoms with Gasteiger partial charge in [0.05, 0.1) is 0 Å². The molecule has 0 saturated heterocycles. The third-order valence-corrected chi connectivity index (χ3v) is 3.62. The van der Waals surface area contributed by atoms with Gasteiger partial charge in [-0.3, -0.25) is 0 Å². The molecule has 0 fully saturated rings. The van der Waals surface area contributed by atoms with E-state index in [0.717, 1.165) is 6.42 Å². The van der Waals surface area contributed by atoms with Gasteiger partial charge in [-0.05, 0) is 66.9 Å². The first-order valence-electron chi connectivity index (χ1n) is 5.66. The van der Waals surface area contributed by atoms with E-state index in [0.29, 0.717) is 0 Å². The number of rotatable bonds is 0. The first-order valence-corrected chi connectivity index (χ1v) is 5.66. The van der Waals surface area contributed by atoms with Crippen LogP contribution in [0.2, 0.25) is 0 Å². The molecule has 0 heterocycles. The van der Waals surface area contributed by atoms with Gasteiger partial charge in [-0.2, -0.15) is 0 Å². The molecule has 0 aliphatic heterocycles. The number of hydrogen-bond acceptors (Lipinski definition) is 0. The van der Waals surface area contributed by atoms with Crippen molar-refractivity contribution < 1.29 is 0 Å². The van der Waals surface area contributed by atoms with E-state index in [1.54, 1.807) is 16.7 Å². The van der Waals surface area contributed by atoms with Crippen molar-refractivity contribution in [1.82, 2.24) is 0 Å². The zero-order chi connectivity index (χ0) is 9.54. The summed E-state index contributed by atoms with van der Waals surface area (Å²) in [5, 5.41) is 0. The van der Waals surface area contributed by atoms with E-state index in [2.05, 4.69) is 25.1 Å². The third kappa shape index (κ3) is 1.13. The minimum atomic E-state index is 1.16. The van der Waals surface area contributed by atoms with E-state index in [1.807, 2.05) is 0 Å². The zero-order valence-corrected chi connectivity index (χ0v) is 8.77. The first-order chi connectivity index (χ1) is 6.84. The van der Waals surface area contributed by atoms with Crippen molar-refractivity contribution in [2.75, 3.05) is 0 Å². The fourth-order valence-corrected chi connectivity index (χ4v) is 2.75. The largest absolute Gasteiger partial charge is 0.0766 e. The molecular formula is C14H16. The average molecular weight is 184 g/mol. The van der Waals surface area contributed by atoms with E-state index in [-0.39, 0.29) is 0 Å². The summed E-state index contributed by atoms with van der Waals surface area (Å²) in [6.07, 6.45) is 8.90. The molecule has 0 aromatic heterocycles. The van der Waals surface area contributed by atoms with E-state index in [9.17, 15) is 0 Å². The molecule has 3 rings (SSSR count). The number of aryl methyl sites for hydroxylation is 2. The summed E-state index contributed by atoms with van der Waals surface area (Å²) in [5.74, 6) is 0. The van der Waals surface area contributed by atoms with Gasteiger partial charge in [-0.15, -0.1) is 0 Å². The minimum absolute atomic E-state index is 1.16. The van der Waals surface area contributed by atoms with Gasteiger partial charge in [0.25, 0.3) is 0 Å². The van der Waals surface area contributed by atoms with Crippen LogP contribution in [0.1, 0.15) is 42.0 Å². The van der Waals surface area contributed by atoms with Crippen LogP contribution in [0.3, 0.4) is 0 Å². The molecule has 2 aliphatic carbocycles. The van der Waals surface area contributed by atoms with Gasteiger partial charge < -0.3 is 0 Å². The Morgan fingerprint density at radius 1 is 0.929 bits per heavy atom. The molecule has 0 spiro atoms. The molecule has 0 amide bonds. The predicted octanol–water partition coefficient (Wildman–Crippen LogP) is 3.52. The highest BCUT2D eigenvalue weighted by Crippen LogP contribution is 2.32. The van der Waals surface area contributed by atoms with Gasteiger partial charge in [-0.25, -0.2) is 0 Å². The summed E-state index contributed by atoms with van der Waals surface area (Å²) < 4.78 is 0. The van der Waals surface area contributed by atoms with E-state index >= 15 is 0 Å². The Hall–Kier alpha value is -1.04. The first kappa shape index (κ1) is 8.28. The van der Waals surface area contributed by atoms with Crippen molar-refractivity contribution in [2.24, 2.45) is 0 Å². The summed E-state index contributed by atoms with van der Waals surface area (Å²) in [5.41, 5.74) is 7.80. The van der Waals surface area contributed by atoms with Gasteiger partial charge in [0.2, 0.25) is 0 Å². The lowest BCUT2D eigenvalue weighted by Gasteiger charge is -2.17. The van der Waals surface area contributed by atoms with Crippen molar-refractivity contribution in [3.63, 3.8) is 0 Å². The summed E-state index contributed by atoms with van der Waals surface area (Å²) in [6, 6.07) is 4.90. The van der Waals surface area contributed by atoms with Crippen molar-refractivity contribution in [2.45, 2.75) is 39.0 Å². The second kappa shape index (κ2) is 2.98. The fourth-order valence-electron chi connectivity index (χ4n) is 2.75. The van der Waals surface area contributed by atoms with Crippen LogP contribution in [-0.4, -0.2) is 0 Å². The highest BCUT2D eigenvalue weighted by Gasteiger charge is 2.16. The molecule has 0 bridgehead atoms. The van der Waals surface area contributed by atoms with Crippen LogP contribution < -0.4 is 0 Å². The Labute approximate surface area is 85.6 Å². The number of allylic oxidation sites excluding steroid dienone is 2. The van der Waals surface area contributed by atoms with Crippen molar-refractivity contribution in [1.29, 1.82) is 0 Å². The van der Waals surface area contributed by atoms with Crippen molar-refractivity contribution in [3.05, 3.63) is 40.5 Å². The normalized spacial score (nSPS) is 18.8. The van der Waals surface area contributed by atoms with Crippen LogP contribution >= 0.6 is 0 Å². The smallest absolute Gasteiger partial charge is 0.00854 e. The standard InChI is InChI=1S/C14H16/c1-10-6-7-13-8-11-4-2-3-5-12(11)9-14(10)13/h6,8-9H,2-5,7H2,1H3. The van der Waals surface area contributed by atoms with Gasteiger partial charge in [0.15, 0.2) is 0 Å². The molecule has 1 aromatic carbocycles. The number of fused-ring (bicyclic) bond motifs is 2. The summed E-state index contributed by atoms with van der Waals surface area (Å²) in [4.78, 5) is 0. The molecule has 1 aromatic rings. The Balaban J connectivity index is 2.14. The Morgan fingerprint density at radius 3 is 2.43 bits per heavy atom. The molecule has 72 valence electrons. The molecule has 0 N–H and O–H groups in total. The van der Waals surface area contributed by atoms with Crippen LogP contribution in [0.4, 0.5) is 0 Å². The van der Waals surface area contributed by atoms with Gasteiger partial charge >= 0.3 is 0 Å². The molecular weight excluding hydrogens is 168 g/mol. The highest BCUT2D eigenvalue weighted by molar-refractivity contribution is 5.72. The quantitative estimate of drug-likeness (QED) is 0.578. The van der Waals surface area contributed by atoms with E-state index in [4.69, 9.17) is 0 Å². The third-order valence-electron chi connectivity index (χ3n) is 3.62. The van der Waals surface area contributed by atoms with Gasteiger partial charge in [0, 0.05) is 0 Å². The topological polar surface area (TPSA) is 0 Å². The van der Waals surface area contributed by atoms with Crippen molar-refractivity contribution >= 4 is 5.57 Å². The average Bonchev–Trinajstić information content (AvgIpc) is 2.57. The van der Waals surface area contributed by atoms with Crippen LogP contribution in [0.5, 0.6) is 0 Å². The SMILES string of the molecule is CC1=CCc2cc3c(cc21)CCCC3. The summed E-state index contributed by atoms with van der Waals surface area (Å²) in [7, 11) is 0. The minimum Gasteiger partial charge on any atom is -0.0766 e. The zero-order valence-electron chi connectivity index (χ0n) is 8.77. The predicted molar refractivity (Wildman–Crippen MR) is 60.4 cm³/mol. The molecule has 0 heteroatoms. The van der Waals surface area contributed by atoms with Gasteiger partial charge in [-0.1, -0.05) is 18.2 Å². The van der Waals surface area contributed by atoms with E-state index in [1.165, 1.54) is 36.8 Å². The molecule has 0 saturated carbocycles. The monoisotopic (exact) mass is 184 g/mol. The molecule has 2 aliphatic rings.